The van der Waals surface area contributed by atoms with Gasteiger partial charge in [-0.3, -0.25) is 9.59 Å². The summed E-state index contributed by atoms with van der Waals surface area (Å²) in [5, 5.41) is 0. The molecular weight excluding hydrogens is 657 g/mol. The van der Waals surface area contributed by atoms with Crippen LogP contribution >= 0.6 is 45.3 Å². The second kappa shape index (κ2) is 10.8. The van der Waals surface area contributed by atoms with E-state index in [0.29, 0.717) is 0 Å². The predicted molar refractivity (Wildman–Crippen MR) is 176 cm³/mol. The molecule has 2 aliphatic rings. The van der Waals surface area contributed by atoms with E-state index in [4.69, 9.17) is 0 Å². The third-order valence-electron chi connectivity index (χ3n) is 9.32. The van der Waals surface area contributed by atoms with Crippen LogP contribution < -0.4 is 0 Å². The van der Waals surface area contributed by atoms with E-state index in [0.717, 1.165) is 74.3 Å². The number of fused-ring (bicyclic) bond motifs is 2. The summed E-state index contributed by atoms with van der Waals surface area (Å²) < 4.78 is 61.4. The van der Waals surface area contributed by atoms with Crippen molar-refractivity contribution in [3.05, 3.63) is 101 Å². The maximum Gasteiger partial charge on any atom is 0.209 e. The van der Waals surface area contributed by atoms with Crippen LogP contribution in [-0.2, 0) is 23.7 Å². The zero-order valence-corrected chi connectivity index (χ0v) is 28.2. The first-order valence-electron chi connectivity index (χ1n) is 14.8. The van der Waals surface area contributed by atoms with E-state index in [2.05, 4.69) is 39.8 Å². The van der Waals surface area contributed by atoms with Gasteiger partial charge in [-0.2, -0.15) is 0 Å². The van der Waals surface area contributed by atoms with Crippen LogP contribution in [0.2, 0.25) is 0 Å². The third-order valence-corrected chi connectivity index (χ3v) is 14.8. The average molecular weight is 685 g/mol. The summed E-state index contributed by atoms with van der Waals surface area (Å²) in [6, 6.07) is 10.3. The van der Waals surface area contributed by atoms with Crippen LogP contribution in [0.15, 0.2) is 36.4 Å². The van der Waals surface area contributed by atoms with Crippen LogP contribution in [-0.4, -0.2) is 11.6 Å². The fraction of sp³-hybridized carbons (Fsp3) is 0.314. The third kappa shape index (κ3) is 4.66. The molecule has 0 saturated heterocycles. The van der Waals surface area contributed by atoms with Gasteiger partial charge in [0.15, 0.2) is 23.3 Å². The smallest absolute Gasteiger partial charge is 0.209 e. The Kier molecular flexibility index (Phi) is 7.39. The monoisotopic (exact) mass is 684 g/mol. The number of ketones is 2. The van der Waals surface area contributed by atoms with Crippen molar-refractivity contribution in [1.82, 2.24) is 0 Å². The summed E-state index contributed by atoms with van der Waals surface area (Å²) >= 11 is 5.29. The molecule has 5 aromatic rings. The summed E-state index contributed by atoms with van der Waals surface area (Å²) in [6.07, 6.45) is 5.09. The van der Waals surface area contributed by atoms with Crippen molar-refractivity contribution in [2.45, 2.75) is 70.6 Å². The molecule has 2 unspecified atom stereocenters. The summed E-state index contributed by atoms with van der Waals surface area (Å²) in [5.74, 6) is -9.85. The lowest BCUT2D eigenvalue weighted by Crippen LogP contribution is -2.33. The van der Waals surface area contributed by atoms with Gasteiger partial charge in [-0.15, -0.1) is 45.3 Å². The fourth-order valence-electron chi connectivity index (χ4n) is 6.67. The van der Waals surface area contributed by atoms with Crippen LogP contribution in [0.3, 0.4) is 0 Å². The topological polar surface area (TPSA) is 34.1 Å². The van der Waals surface area contributed by atoms with E-state index in [1.165, 1.54) is 33.0 Å². The summed E-state index contributed by atoms with van der Waals surface area (Å²) in [5.41, 5.74) is 0.0817. The first-order chi connectivity index (χ1) is 21.4. The molecule has 10 heteroatoms. The average Bonchev–Trinajstić information content (AvgIpc) is 3.81. The van der Waals surface area contributed by atoms with Gasteiger partial charge in [-0.05, 0) is 73.2 Å². The van der Waals surface area contributed by atoms with E-state index in [1.807, 2.05) is 0 Å². The molecule has 4 aromatic heterocycles. The highest BCUT2D eigenvalue weighted by Crippen LogP contribution is 2.53. The Morgan fingerprint density at radius 3 is 1.49 bits per heavy atom. The van der Waals surface area contributed by atoms with Crippen LogP contribution in [0, 0.1) is 23.3 Å². The van der Waals surface area contributed by atoms with Crippen molar-refractivity contribution >= 4 is 56.9 Å². The van der Waals surface area contributed by atoms with Gasteiger partial charge >= 0.3 is 0 Å². The van der Waals surface area contributed by atoms with Crippen LogP contribution in [0.1, 0.15) is 98.3 Å². The molecule has 0 saturated carbocycles. The number of thiophene rings is 4. The van der Waals surface area contributed by atoms with Crippen molar-refractivity contribution in [2.75, 3.05) is 0 Å². The maximum atomic E-state index is 15.4. The van der Waals surface area contributed by atoms with Gasteiger partial charge in [0.2, 0.25) is 11.6 Å². The molecule has 0 amide bonds. The first kappa shape index (κ1) is 30.7. The van der Waals surface area contributed by atoms with Gasteiger partial charge in [0.05, 0.1) is 9.75 Å². The minimum Gasteiger partial charge on any atom is -0.287 e. The number of carbonyl (C=O) groups is 2. The minimum atomic E-state index is -1.88. The second-order valence-corrected chi connectivity index (χ2v) is 16.8. The van der Waals surface area contributed by atoms with Crippen molar-refractivity contribution in [1.29, 1.82) is 0 Å². The molecule has 0 bridgehead atoms. The summed E-state index contributed by atoms with van der Waals surface area (Å²) in [7, 11) is 0. The van der Waals surface area contributed by atoms with E-state index < -0.39 is 46.0 Å². The van der Waals surface area contributed by atoms with Gasteiger partial charge in [0.1, 0.15) is 11.1 Å². The van der Waals surface area contributed by atoms with Crippen LogP contribution in [0.4, 0.5) is 17.6 Å². The Morgan fingerprint density at radius 1 is 0.644 bits per heavy atom. The molecule has 0 aliphatic heterocycles. The first-order valence-corrected chi connectivity index (χ1v) is 18.1. The molecule has 1 aromatic carbocycles. The molecule has 0 radical (unpaired) electrons. The molecular formula is C35H28F4O2S4. The highest BCUT2D eigenvalue weighted by atomic mass is 32.1. The lowest BCUT2D eigenvalue weighted by molar-refractivity contribution is 0.101. The predicted octanol–water partition coefficient (Wildman–Crippen LogP) is 11.1. The van der Waals surface area contributed by atoms with Crippen molar-refractivity contribution in [3.63, 3.8) is 0 Å². The van der Waals surface area contributed by atoms with E-state index in [1.54, 1.807) is 34.8 Å². The molecule has 2 nitrogen and oxygen atoms in total. The quantitative estimate of drug-likeness (QED) is 0.0880. The molecule has 7 rings (SSSR count). The Balaban J connectivity index is 1.16. The summed E-state index contributed by atoms with van der Waals surface area (Å²) in [4.78, 5) is 32.3. The number of halogens is 4. The normalized spacial score (nSPS) is 20.0. The molecule has 45 heavy (non-hydrogen) atoms. The molecule has 0 spiro atoms. The largest absolute Gasteiger partial charge is 0.287 e. The highest BCUT2D eigenvalue weighted by molar-refractivity contribution is 7.24. The lowest BCUT2D eigenvalue weighted by atomic mass is 9.68. The molecule has 2 atom stereocenters. The maximum absolute atomic E-state index is 15.4. The van der Waals surface area contributed by atoms with Gasteiger partial charge in [-0.25, -0.2) is 17.6 Å². The van der Waals surface area contributed by atoms with Crippen molar-refractivity contribution in [3.8, 4) is 19.5 Å². The standard InChI is InChI=1S/C35H28F4O2S4/c1-5-11-35(4)15-17-13-23(45-33(17)35)19-8-10-21(43-19)31(41)25-28(38)26(36)24(27(37)29(25)39)30(40)20-9-7-18(42-20)22-12-16-14-34(3,6-2)32(16)44-22/h7-10,12-13H,5-6,11,14-15H2,1-4H3. The van der Waals surface area contributed by atoms with Crippen LogP contribution in [0.5, 0.6) is 0 Å². The van der Waals surface area contributed by atoms with Crippen molar-refractivity contribution in [2.24, 2.45) is 0 Å². The van der Waals surface area contributed by atoms with E-state index in [-0.39, 0.29) is 20.6 Å². The Hall–Kier alpha value is -2.92. The van der Waals surface area contributed by atoms with Gasteiger partial charge in [0.25, 0.3) is 0 Å². The number of rotatable bonds is 9. The van der Waals surface area contributed by atoms with Gasteiger partial charge in [0, 0.05) is 40.1 Å². The van der Waals surface area contributed by atoms with E-state index in [9.17, 15) is 9.59 Å². The Morgan fingerprint density at radius 2 is 1.07 bits per heavy atom. The molecule has 0 fully saturated rings. The fourth-order valence-corrected chi connectivity index (χ4v) is 11.5. The van der Waals surface area contributed by atoms with E-state index >= 15 is 17.6 Å². The molecule has 2 aliphatic carbocycles. The number of carbonyl (C=O) groups excluding carboxylic acids is 2. The Labute approximate surface area is 274 Å². The number of hydrogen-bond acceptors (Lipinski definition) is 6. The molecule has 0 N–H and O–H groups in total. The second-order valence-electron chi connectivity index (χ2n) is 12.5. The minimum absolute atomic E-state index is 0.0538. The van der Waals surface area contributed by atoms with Gasteiger partial charge in [-0.1, -0.05) is 34.1 Å². The molecule has 4 heterocycles. The van der Waals surface area contributed by atoms with Gasteiger partial charge < -0.3 is 0 Å². The SMILES string of the molecule is CCCC1(C)Cc2cc(-c3ccc(C(=O)c4c(F)c(F)c(C(=O)c5ccc(-c6cc7c(s6)C(C)(CC)C7)s5)c(F)c4F)s3)sc21. The molecule has 232 valence electrons. The zero-order chi connectivity index (χ0) is 32.0. The van der Waals surface area contributed by atoms with Crippen molar-refractivity contribution < 1.29 is 27.2 Å². The zero-order valence-electron chi connectivity index (χ0n) is 25.0. The highest BCUT2D eigenvalue weighted by Gasteiger charge is 2.41. The Bertz CT molecular complexity index is 2020. The number of hydrogen-bond donors (Lipinski definition) is 0. The van der Waals surface area contributed by atoms with Crippen LogP contribution in [0.25, 0.3) is 19.5 Å². The lowest BCUT2D eigenvalue weighted by Gasteiger charge is -2.38. The number of benzene rings is 1. The summed E-state index contributed by atoms with van der Waals surface area (Å²) in [6.45, 7) is 8.73.